The van der Waals surface area contributed by atoms with Crippen LogP contribution in [-0.2, 0) is 36.6 Å². The van der Waals surface area contributed by atoms with Gasteiger partial charge in [0, 0.05) is 49.7 Å². The number of benzene rings is 2. The van der Waals surface area contributed by atoms with Gasteiger partial charge < -0.3 is 35.2 Å². The maximum absolute atomic E-state index is 12.4. The Labute approximate surface area is 275 Å². The van der Waals surface area contributed by atoms with Gasteiger partial charge in [-0.25, -0.2) is 0 Å². The number of nitrogens with one attached hydrogen (secondary N) is 1. The van der Waals surface area contributed by atoms with Crippen LogP contribution >= 0.6 is 7.60 Å². The van der Waals surface area contributed by atoms with Gasteiger partial charge in [-0.05, 0) is 41.2 Å². The normalized spacial score (nSPS) is 14.3. The summed E-state index contributed by atoms with van der Waals surface area (Å²) in [6.45, 7) is -2.17. The standard InChI is InChI=1S/C32H39N4O11P/c37-29(38)18-35(27(31(41)42)15-22-10-9-21-5-1-2-6-24(21)22)13-11-34(20-48(45,46)47)12-14-36(19-30(39)40)28(32(43)44)16-23-17-33-26-8-4-3-7-25(23)26/h1-8,10,17,27-28,33H,9,11-16,18-20H2,(H,37,38)(H,39,40)(H,41,42)(H,43,44)(H2,45,46,47)/t27-,28-/m0/s1. The van der Waals surface area contributed by atoms with E-state index in [1.165, 1.54) is 14.7 Å². The van der Waals surface area contributed by atoms with E-state index in [0.717, 1.165) is 27.6 Å². The first kappa shape index (κ1) is 36.5. The molecule has 1 heterocycles. The third kappa shape index (κ3) is 10.1. The number of carbonyl (C=O) groups is 4. The molecule has 0 fully saturated rings. The number of hydrogen-bond acceptors (Lipinski definition) is 8. The van der Waals surface area contributed by atoms with Crippen LogP contribution in [0.3, 0.4) is 0 Å². The van der Waals surface area contributed by atoms with Crippen molar-refractivity contribution >= 4 is 47.9 Å². The second kappa shape index (κ2) is 16.2. The third-order valence-electron chi connectivity index (χ3n) is 8.35. The van der Waals surface area contributed by atoms with Gasteiger partial charge in [0.1, 0.15) is 18.4 Å². The van der Waals surface area contributed by atoms with E-state index in [4.69, 9.17) is 0 Å². The summed E-state index contributed by atoms with van der Waals surface area (Å²) in [6, 6.07) is 12.1. The second-order valence-electron chi connectivity index (χ2n) is 11.7. The van der Waals surface area contributed by atoms with Crippen LogP contribution in [0.5, 0.6) is 0 Å². The molecule has 15 nitrogen and oxygen atoms in total. The Balaban J connectivity index is 1.52. The lowest BCUT2D eigenvalue weighted by molar-refractivity contribution is -0.147. The van der Waals surface area contributed by atoms with Crippen LogP contribution < -0.4 is 0 Å². The molecular weight excluding hydrogens is 647 g/mol. The smallest absolute Gasteiger partial charge is 0.339 e. The average molecular weight is 687 g/mol. The summed E-state index contributed by atoms with van der Waals surface area (Å²) < 4.78 is 12.1. The summed E-state index contributed by atoms with van der Waals surface area (Å²) >= 11 is 0. The lowest BCUT2D eigenvalue weighted by Crippen LogP contribution is -2.50. The van der Waals surface area contributed by atoms with Crippen molar-refractivity contribution in [2.45, 2.75) is 31.3 Å². The average Bonchev–Trinajstić information content (AvgIpc) is 3.61. The Morgan fingerprint density at radius 1 is 0.771 bits per heavy atom. The van der Waals surface area contributed by atoms with E-state index in [9.17, 15) is 54.0 Å². The molecule has 0 aliphatic heterocycles. The fraction of sp³-hybridized carbons (Fsp3) is 0.375. The molecule has 258 valence electrons. The number of aromatic amines is 1. The van der Waals surface area contributed by atoms with E-state index >= 15 is 0 Å². The van der Waals surface area contributed by atoms with Gasteiger partial charge >= 0.3 is 31.5 Å². The summed E-state index contributed by atoms with van der Waals surface area (Å²) in [5.74, 6) is -5.15. The van der Waals surface area contributed by atoms with E-state index in [-0.39, 0.29) is 39.0 Å². The molecule has 0 amide bonds. The molecule has 48 heavy (non-hydrogen) atoms. The molecule has 7 N–H and O–H groups in total. The predicted molar refractivity (Wildman–Crippen MR) is 174 cm³/mol. The predicted octanol–water partition coefficient (Wildman–Crippen LogP) is 1.86. The number of hydrogen-bond donors (Lipinski definition) is 7. The fourth-order valence-corrected chi connectivity index (χ4v) is 6.91. The number of aromatic nitrogens is 1. The molecule has 0 saturated carbocycles. The highest BCUT2D eigenvalue weighted by Crippen LogP contribution is 2.35. The molecule has 0 spiro atoms. The van der Waals surface area contributed by atoms with Crippen molar-refractivity contribution in [2.24, 2.45) is 0 Å². The largest absolute Gasteiger partial charge is 0.480 e. The molecule has 0 saturated heterocycles. The summed E-state index contributed by atoms with van der Waals surface area (Å²) in [5, 5.41) is 40.3. The van der Waals surface area contributed by atoms with Crippen LogP contribution in [0.4, 0.5) is 0 Å². The summed E-state index contributed by atoms with van der Waals surface area (Å²) in [5.41, 5.74) is 4.06. The topological polar surface area (TPSA) is 232 Å². The van der Waals surface area contributed by atoms with Gasteiger partial charge in [0.25, 0.3) is 0 Å². The summed E-state index contributed by atoms with van der Waals surface area (Å²) in [7, 11) is -4.71. The summed E-state index contributed by atoms with van der Waals surface area (Å²) in [6.07, 6.45) is 3.29. The maximum atomic E-state index is 12.4. The zero-order chi connectivity index (χ0) is 35.0. The van der Waals surface area contributed by atoms with E-state index in [1.54, 1.807) is 18.3 Å². The number of rotatable bonds is 20. The highest BCUT2D eigenvalue weighted by Gasteiger charge is 2.32. The molecule has 2 aromatic carbocycles. The molecule has 0 radical (unpaired) electrons. The zero-order valence-electron chi connectivity index (χ0n) is 26.0. The van der Waals surface area contributed by atoms with E-state index in [0.29, 0.717) is 12.0 Å². The molecule has 1 aliphatic carbocycles. The lowest BCUT2D eigenvalue weighted by Gasteiger charge is -2.33. The summed E-state index contributed by atoms with van der Waals surface area (Å²) in [4.78, 5) is 74.8. The fourth-order valence-electron chi connectivity index (χ4n) is 6.10. The number of aliphatic carboxylic acids is 4. The molecule has 1 aromatic heterocycles. The van der Waals surface area contributed by atoms with Crippen molar-refractivity contribution in [2.75, 3.05) is 45.6 Å². The molecule has 4 rings (SSSR count). The number of carboxylic acid groups (broad SMARTS) is 4. The van der Waals surface area contributed by atoms with Crippen LogP contribution in [0.2, 0.25) is 0 Å². The molecule has 2 atom stereocenters. The van der Waals surface area contributed by atoms with E-state index in [2.05, 4.69) is 4.98 Å². The van der Waals surface area contributed by atoms with Crippen molar-refractivity contribution in [3.8, 4) is 0 Å². The number of para-hydroxylation sites is 1. The zero-order valence-corrected chi connectivity index (χ0v) is 26.9. The Bertz CT molecular complexity index is 1720. The monoisotopic (exact) mass is 686 g/mol. The van der Waals surface area contributed by atoms with Gasteiger partial charge in [-0.15, -0.1) is 0 Å². The first-order valence-corrected chi connectivity index (χ1v) is 17.0. The number of nitrogens with zero attached hydrogens (tertiary/aromatic N) is 3. The minimum absolute atomic E-state index is 0.00135. The van der Waals surface area contributed by atoms with E-state index in [1.807, 2.05) is 42.5 Å². The van der Waals surface area contributed by atoms with Crippen LogP contribution in [0.1, 0.15) is 23.1 Å². The Hall–Kier alpha value is -4.37. The van der Waals surface area contributed by atoms with Crippen LogP contribution in [0, 0.1) is 0 Å². The van der Waals surface area contributed by atoms with Gasteiger partial charge in [-0.1, -0.05) is 48.5 Å². The van der Waals surface area contributed by atoms with Gasteiger partial charge in [-0.3, -0.25) is 38.4 Å². The van der Waals surface area contributed by atoms with Crippen molar-refractivity contribution in [3.05, 3.63) is 77.5 Å². The van der Waals surface area contributed by atoms with Crippen LogP contribution in [-0.4, -0.2) is 131 Å². The van der Waals surface area contributed by atoms with Gasteiger partial charge in [0.2, 0.25) is 0 Å². The highest BCUT2D eigenvalue weighted by molar-refractivity contribution is 7.51. The highest BCUT2D eigenvalue weighted by atomic mass is 31.2. The second-order valence-corrected chi connectivity index (χ2v) is 13.3. The SMILES string of the molecule is O=C(O)CN(CCN(CCN(CC(=O)O)[C@@H](Cc1c[nH]c2ccccc12)C(=O)O)CP(=O)(O)O)[C@@H](CC1=CCc2ccccc21)C(=O)O. The first-order valence-electron chi connectivity index (χ1n) is 15.2. The molecule has 0 unspecified atom stereocenters. The van der Waals surface area contributed by atoms with Crippen molar-refractivity contribution < 1.29 is 54.0 Å². The van der Waals surface area contributed by atoms with Gasteiger partial charge in [-0.2, -0.15) is 0 Å². The van der Waals surface area contributed by atoms with Crippen molar-refractivity contribution in [1.29, 1.82) is 0 Å². The Kier molecular flexibility index (Phi) is 12.3. The van der Waals surface area contributed by atoms with Crippen LogP contribution in [0.15, 0.2) is 60.8 Å². The Morgan fingerprint density at radius 2 is 1.33 bits per heavy atom. The van der Waals surface area contributed by atoms with E-state index < -0.39 is 62.9 Å². The number of fused-ring (bicyclic) bond motifs is 2. The molecular formula is C32H39N4O11P. The molecule has 1 aliphatic rings. The van der Waals surface area contributed by atoms with Crippen LogP contribution in [0.25, 0.3) is 16.5 Å². The first-order chi connectivity index (χ1) is 22.7. The minimum atomic E-state index is -4.71. The quantitative estimate of drug-likeness (QED) is 0.0842. The molecule has 3 aromatic rings. The van der Waals surface area contributed by atoms with Gasteiger partial charge in [0.05, 0.1) is 13.1 Å². The van der Waals surface area contributed by atoms with Crippen molar-refractivity contribution in [1.82, 2.24) is 19.7 Å². The number of carboxylic acids is 4. The van der Waals surface area contributed by atoms with Gasteiger partial charge in [0.15, 0.2) is 0 Å². The molecule has 16 heteroatoms. The third-order valence-corrected chi connectivity index (χ3v) is 9.12. The number of H-pyrrole nitrogens is 1. The maximum Gasteiger partial charge on any atom is 0.339 e. The lowest BCUT2D eigenvalue weighted by atomic mass is 9.98. The Morgan fingerprint density at radius 3 is 1.92 bits per heavy atom. The molecule has 0 bridgehead atoms. The number of allylic oxidation sites excluding steroid dienone is 1. The van der Waals surface area contributed by atoms with Crippen molar-refractivity contribution in [3.63, 3.8) is 0 Å². The minimum Gasteiger partial charge on any atom is -0.480 e.